The smallest absolute Gasteiger partial charge is 0.321 e. The normalized spacial score (nSPS) is 10.3. The number of carbonyl (C=O) groups excluding carboxylic acids is 1. The number of nitrogens with one attached hydrogen (secondary N) is 1. The van der Waals surface area contributed by atoms with Gasteiger partial charge in [-0.15, -0.1) is 0 Å². The molecule has 1 heterocycles. The minimum Gasteiger partial charge on any atom is -0.467 e. The topological polar surface area (TPSA) is 78.5 Å². The molecule has 0 unspecified atom stereocenters. The van der Waals surface area contributed by atoms with E-state index in [1.54, 1.807) is 30.3 Å². The first kappa shape index (κ1) is 19.2. The fourth-order valence-electron chi connectivity index (χ4n) is 2.71. The van der Waals surface area contributed by atoms with Gasteiger partial charge in [-0.05, 0) is 47.5 Å². The fraction of sp³-hybridized carbons (Fsp3) is 0.182. The van der Waals surface area contributed by atoms with Gasteiger partial charge in [-0.2, -0.15) is 5.26 Å². The number of urea groups is 1. The van der Waals surface area contributed by atoms with E-state index in [-0.39, 0.29) is 6.03 Å². The molecule has 0 radical (unpaired) electrons. The first-order valence-corrected chi connectivity index (χ1v) is 8.84. The molecule has 1 aromatic heterocycles. The summed E-state index contributed by atoms with van der Waals surface area (Å²) in [5.41, 5.74) is 3.13. The predicted octanol–water partition coefficient (Wildman–Crippen LogP) is 4.53. The van der Waals surface area contributed by atoms with Crippen LogP contribution in [-0.2, 0) is 24.5 Å². The number of hydrogen-bond acceptors (Lipinski definition) is 4. The number of ether oxygens (including phenoxy) is 1. The highest BCUT2D eigenvalue weighted by molar-refractivity contribution is 5.89. The van der Waals surface area contributed by atoms with Crippen LogP contribution in [0.2, 0.25) is 0 Å². The van der Waals surface area contributed by atoms with Crippen LogP contribution in [0.1, 0.15) is 22.5 Å². The number of nitrogens with zero attached hydrogens (tertiary/aromatic N) is 2. The molecule has 0 atom stereocenters. The molecule has 0 bridgehead atoms. The third kappa shape index (κ3) is 5.47. The number of hydrogen-bond donors (Lipinski definition) is 1. The van der Waals surface area contributed by atoms with E-state index in [2.05, 4.69) is 11.4 Å². The van der Waals surface area contributed by atoms with Crippen LogP contribution >= 0.6 is 0 Å². The van der Waals surface area contributed by atoms with Gasteiger partial charge in [-0.25, -0.2) is 4.79 Å². The number of furan rings is 1. The van der Waals surface area contributed by atoms with E-state index in [1.807, 2.05) is 48.5 Å². The molecule has 2 amide bonds. The number of anilines is 1. The van der Waals surface area contributed by atoms with Crippen LogP contribution in [0.15, 0.2) is 71.3 Å². The van der Waals surface area contributed by atoms with Crippen LogP contribution in [-0.4, -0.2) is 18.0 Å². The standard InChI is InChI=1S/C22H21N3O3/c1-25(14-18-6-2-5-17(11-18)13-23)22(26)24-20-8-3-7-19(12-20)15-27-16-21-9-4-10-28-21/h2-12H,14-16H2,1H3,(H,24,26). The van der Waals surface area contributed by atoms with Gasteiger partial charge < -0.3 is 19.4 Å². The number of rotatable bonds is 7. The first-order valence-electron chi connectivity index (χ1n) is 8.84. The van der Waals surface area contributed by atoms with Crippen molar-refractivity contribution in [2.75, 3.05) is 12.4 Å². The van der Waals surface area contributed by atoms with E-state index in [1.165, 1.54) is 0 Å². The minimum absolute atomic E-state index is 0.226. The lowest BCUT2D eigenvalue weighted by molar-refractivity contribution is 0.0930. The number of benzene rings is 2. The molecule has 3 rings (SSSR count). The van der Waals surface area contributed by atoms with Crippen molar-refractivity contribution in [3.63, 3.8) is 0 Å². The van der Waals surface area contributed by atoms with Crippen molar-refractivity contribution in [1.29, 1.82) is 5.26 Å². The molecule has 28 heavy (non-hydrogen) atoms. The van der Waals surface area contributed by atoms with Crippen LogP contribution in [0.25, 0.3) is 0 Å². The second-order valence-electron chi connectivity index (χ2n) is 6.37. The molecule has 0 saturated carbocycles. The molecule has 1 N–H and O–H groups in total. The largest absolute Gasteiger partial charge is 0.467 e. The minimum atomic E-state index is -0.226. The summed E-state index contributed by atoms with van der Waals surface area (Å²) in [6.07, 6.45) is 1.61. The molecule has 0 saturated heterocycles. The van der Waals surface area contributed by atoms with E-state index >= 15 is 0 Å². The zero-order valence-corrected chi connectivity index (χ0v) is 15.6. The van der Waals surface area contributed by atoms with Crippen molar-refractivity contribution in [3.05, 3.63) is 89.4 Å². The van der Waals surface area contributed by atoms with Gasteiger partial charge in [0.25, 0.3) is 0 Å². The van der Waals surface area contributed by atoms with Gasteiger partial charge in [0.05, 0.1) is 24.5 Å². The van der Waals surface area contributed by atoms with Crippen LogP contribution in [0.3, 0.4) is 0 Å². The van der Waals surface area contributed by atoms with E-state index in [0.29, 0.717) is 31.0 Å². The maximum absolute atomic E-state index is 12.5. The monoisotopic (exact) mass is 375 g/mol. The zero-order valence-electron chi connectivity index (χ0n) is 15.6. The Balaban J connectivity index is 1.53. The molecule has 0 fully saturated rings. The second kappa shape index (κ2) is 9.40. The Morgan fingerprint density at radius 2 is 1.93 bits per heavy atom. The van der Waals surface area contributed by atoms with Gasteiger partial charge in [0, 0.05) is 19.3 Å². The van der Waals surface area contributed by atoms with Gasteiger partial charge in [0.1, 0.15) is 12.4 Å². The Hall–Kier alpha value is -3.56. The van der Waals surface area contributed by atoms with E-state index in [9.17, 15) is 4.79 Å². The van der Waals surface area contributed by atoms with E-state index < -0.39 is 0 Å². The average Bonchev–Trinajstić information content (AvgIpc) is 3.22. The fourth-order valence-corrected chi connectivity index (χ4v) is 2.71. The highest BCUT2D eigenvalue weighted by Gasteiger charge is 2.10. The molecular weight excluding hydrogens is 354 g/mol. The third-order valence-corrected chi connectivity index (χ3v) is 4.09. The molecule has 2 aromatic carbocycles. The molecule has 0 aliphatic heterocycles. The van der Waals surface area contributed by atoms with Crippen molar-refractivity contribution in [2.45, 2.75) is 19.8 Å². The lowest BCUT2D eigenvalue weighted by atomic mass is 10.1. The first-order chi connectivity index (χ1) is 13.6. The summed E-state index contributed by atoms with van der Waals surface area (Å²) in [6.45, 7) is 1.22. The second-order valence-corrected chi connectivity index (χ2v) is 6.37. The number of amides is 2. The van der Waals surface area contributed by atoms with Gasteiger partial charge in [0.2, 0.25) is 0 Å². The Labute approximate surface area is 164 Å². The maximum atomic E-state index is 12.5. The summed E-state index contributed by atoms with van der Waals surface area (Å²) in [4.78, 5) is 14.0. The molecule has 6 nitrogen and oxygen atoms in total. The van der Waals surface area contributed by atoms with Crippen LogP contribution in [0.5, 0.6) is 0 Å². The molecule has 3 aromatic rings. The van der Waals surface area contributed by atoms with Gasteiger partial charge in [-0.1, -0.05) is 24.3 Å². The summed E-state index contributed by atoms with van der Waals surface area (Å²) >= 11 is 0. The summed E-state index contributed by atoms with van der Waals surface area (Å²) in [6, 6.07) is 20.3. The Morgan fingerprint density at radius 3 is 2.71 bits per heavy atom. The zero-order chi connectivity index (χ0) is 19.8. The number of carbonyl (C=O) groups is 1. The van der Waals surface area contributed by atoms with Crippen LogP contribution < -0.4 is 5.32 Å². The molecular formula is C22H21N3O3. The van der Waals surface area contributed by atoms with Crippen LogP contribution in [0.4, 0.5) is 10.5 Å². The highest BCUT2D eigenvalue weighted by atomic mass is 16.5. The summed E-state index contributed by atoms with van der Waals surface area (Å²) < 4.78 is 10.9. The van der Waals surface area contributed by atoms with Crippen molar-refractivity contribution < 1.29 is 13.9 Å². The van der Waals surface area contributed by atoms with Gasteiger partial charge >= 0.3 is 6.03 Å². The Bertz CT molecular complexity index is 961. The SMILES string of the molecule is CN(Cc1cccc(C#N)c1)C(=O)Nc1cccc(COCc2ccco2)c1. The number of nitriles is 1. The third-order valence-electron chi connectivity index (χ3n) is 4.09. The van der Waals surface area contributed by atoms with Gasteiger partial charge in [-0.3, -0.25) is 0 Å². The Morgan fingerprint density at radius 1 is 1.11 bits per heavy atom. The predicted molar refractivity (Wildman–Crippen MR) is 105 cm³/mol. The molecule has 0 spiro atoms. The van der Waals surface area contributed by atoms with Crippen molar-refractivity contribution in [2.24, 2.45) is 0 Å². The van der Waals surface area contributed by atoms with Crippen LogP contribution in [0, 0.1) is 11.3 Å². The van der Waals surface area contributed by atoms with E-state index in [0.717, 1.165) is 16.9 Å². The lowest BCUT2D eigenvalue weighted by Gasteiger charge is -2.18. The molecule has 0 aliphatic carbocycles. The highest BCUT2D eigenvalue weighted by Crippen LogP contribution is 2.14. The van der Waals surface area contributed by atoms with Crippen molar-refractivity contribution in [1.82, 2.24) is 4.90 Å². The average molecular weight is 375 g/mol. The van der Waals surface area contributed by atoms with Crippen molar-refractivity contribution in [3.8, 4) is 6.07 Å². The molecule has 6 heteroatoms. The summed E-state index contributed by atoms with van der Waals surface area (Å²) in [7, 11) is 1.71. The maximum Gasteiger partial charge on any atom is 0.321 e. The lowest BCUT2D eigenvalue weighted by Crippen LogP contribution is -2.30. The van der Waals surface area contributed by atoms with E-state index in [4.69, 9.17) is 14.4 Å². The van der Waals surface area contributed by atoms with Crippen molar-refractivity contribution >= 4 is 11.7 Å². The summed E-state index contributed by atoms with van der Waals surface area (Å²) in [5.74, 6) is 0.770. The molecule has 142 valence electrons. The van der Waals surface area contributed by atoms with Gasteiger partial charge in [0.15, 0.2) is 0 Å². The molecule has 0 aliphatic rings. The Kier molecular flexibility index (Phi) is 6.45. The quantitative estimate of drug-likeness (QED) is 0.658. The summed E-state index contributed by atoms with van der Waals surface area (Å²) in [5, 5.41) is 11.9.